The van der Waals surface area contributed by atoms with Gasteiger partial charge in [0.05, 0.1) is 11.6 Å². The van der Waals surface area contributed by atoms with Gasteiger partial charge >= 0.3 is 5.97 Å². The third-order valence-electron chi connectivity index (χ3n) is 2.84. The predicted molar refractivity (Wildman–Crippen MR) is 70.5 cm³/mol. The topological polar surface area (TPSA) is 90.2 Å². The monoisotopic (exact) mass is 258 g/mol. The molecule has 1 aromatic rings. The Balaban J connectivity index is 3.04. The second-order valence-electron chi connectivity index (χ2n) is 4.15. The van der Waals surface area contributed by atoms with Gasteiger partial charge in [0, 0.05) is 16.8 Å². The average Bonchev–Trinajstić information content (AvgIpc) is 2.39. The first-order valence-corrected chi connectivity index (χ1v) is 5.59. The number of aryl methyl sites for hydroxylation is 1. The molecule has 0 heterocycles. The first kappa shape index (κ1) is 14.5. The molecule has 0 unspecified atom stereocenters. The lowest BCUT2D eigenvalue weighted by atomic mass is 10.1. The first-order valence-electron chi connectivity index (χ1n) is 5.59. The highest BCUT2D eigenvalue weighted by Crippen LogP contribution is 2.18. The van der Waals surface area contributed by atoms with Crippen molar-refractivity contribution in [3.8, 4) is 6.07 Å². The summed E-state index contributed by atoms with van der Waals surface area (Å²) in [5.74, 6) is -1.62. The number of carbonyl (C=O) groups is 2. The van der Waals surface area contributed by atoms with Crippen LogP contribution in [0.4, 0.5) is 5.69 Å². The van der Waals surface area contributed by atoms with E-state index in [2.05, 4.69) is 5.32 Å². The average molecular weight is 258 g/mol. The van der Waals surface area contributed by atoms with E-state index in [1.165, 1.54) is 13.8 Å². The van der Waals surface area contributed by atoms with Gasteiger partial charge in [-0.25, -0.2) is 4.79 Å². The summed E-state index contributed by atoms with van der Waals surface area (Å²) in [4.78, 5) is 22.7. The van der Waals surface area contributed by atoms with E-state index in [9.17, 15) is 9.59 Å². The quantitative estimate of drug-likeness (QED) is 0.813. The van der Waals surface area contributed by atoms with Gasteiger partial charge < -0.3 is 10.4 Å². The number of nitrogens with zero attached hydrogens (tertiary/aromatic N) is 1. The number of amides is 1. The number of rotatable bonds is 3. The summed E-state index contributed by atoms with van der Waals surface area (Å²) < 4.78 is 0. The number of nitrogens with one attached hydrogen (secondary N) is 1. The van der Waals surface area contributed by atoms with Crippen LogP contribution in [0.1, 0.15) is 25.0 Å². The Morgan fingerprint density at radius 1 is 1.26 bits per heavy atom. The Kier molecular flexibility index (Phi) is 4.43. The molecule has 98 valence electrons. The van der Waals surface area contributed by atoms with Crippen molar-refractivity contribution < 1.29 is 14.7 Å². The highest BCUT2D eigenvalue weighted by atomic mass is 16.4. The van der Waals surface area contributed by atoms with E-state index >= 15 is 0 Å². The summed E-state index contributed by atoms with van der Waals surface area (Å²) in [6.07, 6.45) is 0. The molecule has 0 aliphatic heterocycles. The molecule has 2 N–H and O–H groups in total. The molecule has 0 saturated carbocycles. The molecule has 0 saturated heterocycles. The Labute approximate surface area is 111 Å². The molecule has 5 nitrogen and oxygen atoms in total. The molecule has 0 aromatic heterocycles. The SMILES string of the molecule is CC(C(=O)O)=C(C)C(=O)Nc1cc(C#N)ccc1C. The largest absolute Gasteiger partial charge is 0.478 e. The fourth-order valence-electron chi connectivity index (χ4n) is 1.37. The van der Waals surface area contributed by atoms with Crippen LogP contribution in [0.15, 0.2) is 29.3 Å². The second-order valence-corrected chi connectivity index (χ2v) is 4.15. The van der Waals surface area contributed by atoms with Crippen LogP contribution in [-0.2, 0) is 9.59 Å². The molecule has 0 atom stereocenters. The minimum absolute atomic E-state index is 0.00779. The zero-order valence-electron chi connectivity index (χ0n) is 10.9. The van der Waals surface area contributed by atoms with Gasteiger partial charge in [-0.05, 0) is 38.5 Å². The third-order valence-corrected chi connectivity index (χ3v) is 2.84. The number of benzene rings is 1. The van der Waals surface area contributed by atoms with Crippen LogP contribution in [0.3, 0.4) is 0 Å². The Morgan fingerprint density at radius 3 is 2.42 bits per heavy atom. The fourth-order valence-corrected chi connectivity index (χ4v) is 1.37. The van der Waals surface area contributed by atoms with Gasteiger partial charge in [0.2, 0.25) is 0 Å². The summed E-state index contributed by atoms with van der Waals surface area (Å²) in [6.45, 7) is 4.61. The summed E-state index contributed by atoms with van der Waals surface area (Å²) in [7, 11) is 0. The summed E-state index contributed by atoms with van der Waals surface area (Å²) >= 11 is 0. The van der Waals surface area contributed by atoms with Gasteiger partial charge in [-0.2, -0.15) is 5.26 Å². The fraction of sp³-hybridized carbons (Fsp3) is 0.214. The predicted octanol–water partition coefficient (Wildman–Crippen LogP) is 2.23. The van der Waals surface area contributed by atoms with E-state index in [0.717, 1.165) is 5.56 Å². The van der Waals surface area contributed by atoms with Gasteiger partial charge in [0.1, 0.15) is 0 Å². The zero-order chi connectivity index (χ0) is 14.6. The van der Waals surface area contributed by atoms with Gasteiger partial charge in [0.15, 0.2) is 0 Å². The molecule has 0 spiro atoms. The van der Waals surface area contributed by atoms with E-state index < -0.39 is 11.9 Å². The highest BCUT2D eigenvalue weighted by molar-refractivity contribution is 6.08. The van der Waals surface area contributed by atoms with Crippen molar-refractivity contribution >= 4 is 17.6 Å². The highest BCUT2D eigenvalue weighted by Gasteiger charge is 2.13. The molecule has 0 fully saturated rings. The van der Waals surface area contributed by atoms with Crippen LogP contribution >= 0.6 is 0 Å². The lowest BCUT2D eigenvalue weighted by Crippen LogP contribution is -2.16. The Hall–Kier alpha value is -2.61. The summed E-state index contributed by atoms with van der Waals surface area (Å²) in [6, 6.07) is 6.90. The molecule has 0 aliphatic carbocycles. The van der Waals surface area contributed by atoms with Crippen LogP contribution in [0.2, 0.25) is 0 Å². The maximum atomic E-state index is 11.9. The van der Waals surface area contributed by atoms with Crippen LogP contribution in [-0.4, -0.2) is 17.0 Å². The van der Waals surface area contributed by atoms with E-state index in [0.29, 0.717) is 11.3 Å². The zero-order valence-corrected chi connectivity index (χ0v) is 10.9. The van der Waals surface area contributed by atoms with Gasteiger partial charge in [0.25, 0.3) is 5.91 Å². The molecule has 1 amide bonds. The second kappa shape index (κ2) is 5.83. The van der Waals surface area contributed by atoms with Crippen LogP contribution in [0, 0.1) is 18.3 Å². The maximum absolute atomic E-state index is 11.9. The van der Waals surface area contributed by atoms with Crippen molar-refractivity contribution in [2.24, 2.45) is 0 Å². The van der Waals surface area contributed by atoms with Crippen LogP contribution < -0.4 is 5.32 Å². The number of anilines is 1. The number of hydrogen-bond acceptors (Lipinski definition) is 3. The molecule has 1 aromatic carbocycles. The molecular formula is C14H14N2O3. The normalized spacial score (nSPS) is 11.3. The summed E-state index contributed by atoms with van der Waals surface area (Å²) in [5.41, 5.74) is 1.85. The lowest BCUT2D eigenvalue weighted by molar-refractivity contribution is -0.133. The summed E-state index contributed by atoms with van der Waals surface area (Å²) in [5, 5.41) is 20.2. The molecule has 0 radical (unpaired) electrons. The third kappa shape index (κ3) is 3.42. The molecule has 5 heteroatoms. The van der Waals surface area contributed by atoms with Crippen molar-refractivity contribution in [2.75, 3.05) is 5.32 Å². The van der Waals surface area contributed by atoms with Crippen molar-refractivity contribution in [3.05, 3.63) is 40.5 Å². The minimum Gasteiger partial charge on any atom is -0.478 e. The minimum atomic E-state index is -1.13. The Morgan fingerprint density at radius 2 is 1.89 bits per heavy atom. The van der Waals surface area contributed by atoms with Crippen molar-refractivity contribution in [2.45, 2.75) is 20.8 Å². The number of carboxylic acids is 1. The maximum Gasteiger partial charge on any atom is 0.331 e. The standard InChI is InChI=1S/C14H14N2O3/c1-8-4-5-11(7-15)6-12(8)16-13(17)9(2)10(3)14(18)19/h4-6H,1-3H3,(H,16,17)(H,18,19). The van der Waals surface area contributed by atoms with E-state index in [-0.39, 0.29) is 11.1 Å². The van der Waals surface area contributed by atoms with Crippen molar-refractivity contribution in [1.82, 2.24) is 0 Å². The number of aliphatic carboxylic acids is 1. The molecule has 19 heavy (non-hydrogen) atoms. The smallest absolute Gasteiger partial charge is 0.331 e. The Bertz CT molecular complexity index is 610. The first-order chi connectivity index (χ1) is 8.86. The number of carboxylic acid groups (broad SMARTS) is 1. The molecular weight excluding hydrogens is 244 g/mol. The van der Waals surface area contributed by atoms with Gasteiger partial charge in [-0.1, -0.05) is 6.07 Å². The van der Waals surface area contributed by atoms with Gasteiger partial charge in [-0.3, -0.25) is 4.79 Å². The van der Waals surface area contributed by atoms with Crippen molar-refractivity contribution in [1.29, 1.82) is 5.26 Å². The van der Waals surface area contributed by atoms with E-state index in [1.54, 1.807) is 25.1 Å². The molecule has 0 bridgehead atoms. The molecule has 0 aliphatic rings. The molecule has 1 rings (SSSR count). The number of nitriles is 1. The van der Waals surface area contributed by atoms with Crippen LogP contribution in [0.5, 0.6) is 0 Å². The number of carbonyl (C=O) groups excluding carboxylic acids is 1. The van der Waals surface area contributed by atoms with Crippen LogP contribution in [0.25, 0.3) is 0 Å². The van der Waals surface area contributed by atoms with Gasteiger partial charge in [-0.15, -0.1) is 0 Å². The van der Waals surface area contributed by atoms with E-state index in [1.807, 2.05) is 6.07 Å². The number of hydrogen-bond donors (Lipinski definition) is 2. The van der Waals surface area contributed by atoms with Crippen molar-refractivity contribution in [3.63, 3.8) is 0 Å². The lowest BCUT2D eigenvalue weighted by Gasteiger charge is -2.10. The van der Waals surface area contributed by atoms with E-state index in [4.69, 9.17) is 10.4 Å².